The highest BCUT2D eigenvalue weighted by Crippen LogP contribution is 2.10. The molecule has 34 heavy (non-hydrogen) atoms. The Balaban J connectivity index is 5.45. The summed E-state index contributed by atoms with van der Waals surface area (Å²) < 4.78 is 0. The van der Waals surface area contributed by atoms with Gasteiger partial charge in [0, 0.05) is 12.8 Å². The summed E-state index contributed by atoms with van der Waals surface area (Å²) in [6, 6.07) is -5.43. The second-order valence-corrected chi connectivity index (χ2v) is 8.04. The number of hydrogen-bond donors (Lipinski definition) is 8. The molecule has 6 atom stereocenters. The molecule has 0 saturated heterocycles. The predicted molar refractivity (Wildman–Crippen MR) is 118 cm³/mol. The van der Waals surface area contributed by atoms with Crippen molar-refractivity contribution in [3.63, 3.8) is 0 Å². The topological polar surface area (TPSA) is 251 Å². The molecule has 4 amide bonds. The number of hydrogen-bond acceptors (Lipinski definition) is 8. The van der Waals surface area contributed by atoms with Gasteiger partial charge in [-0.05, 0) is 25.7 Å². The van der Waals surface area contributed by atoms with Crippen molar-refractivity contribution in [3.05, 3.63) is 0 Å². The molecule has 14 nitrogen and oxygen atoms in total. The van der Waals surface area contributed by atoms with E-state index in [-0.39, 0.29) is 12.8 Å². The molecule has 0 heterocycles. The summed E-state index contributed by atoms with van der Waals surface area (Å²) in [5.74, 6) is -6.42. The zero-order valence-electron chi connectivity index (χ0n) is 19.4. The van der Waals surface area contributed by atoms with E-state index in [0.29, 0.717) is 6.42 Å². The predicted octanol–water partition coefficient (Wildman–Crippen LogP) is -2.59. The van der Waals surface area contributed by atoms with Gasteiger partial charge in [-0.15, -0.1) is 0 Å². The lowest BCUT2D eigenvalue weighted by molar-refractivity contribution is -0.144. The number of aliphatic hydroxyl groups excluding tert-OH is 1. The molecule has 0 aromatic rings. The van der Waals surface area contributed by atoms with Crippen molar-refractivity contribution in [2.45, 2.75) is 83.1 Å². The van der Waals surface area contributed by atoms with Gasteiger partial charge in [-0.1, -0.05) is 20.3 Å². The lowest BCUT2D eigenvalue weighted by Gasteiger charge is -2.28. The van der Waals surface area contributed by atoms with Crippen LogP contribution in [0.25, 0.3) is 0 Å². The summed E-state index contributed by atoms with van der Waals surface area (Å²) in [5, 5.41) is 34.8. The zero-order valence-corrected chi connectivity index (χ0v) is 19.4. The van der Waals surface area contributed by atoms with Gasteiger partial charge in [0.15, 0.2) is 0 Å². The minimum absolute atomic E-state index is 0.0400. The highest BCUT2D eigenvalue weighted by atomic mass is 16.4. The molecule has 0 aliphatic rings. The Bertz CT molecular complexity index is 759. The standard InChI is InChI=1S/C20H35N5O9/c1-4-9(2)15(24-17(30)11(21)5-7-13(22)27)18(31)25-16(10(3)26)19(32)23-12(20(33)34)6-8-14(28)29/h9-12,15-16,26H,4-8,21H2,1-3H3,(H2,22,27)(H,23,32)(H,24,30)(H,25,31)(H,28,29)(H,33,34). The first-order chi connectivity index (χ1) is 15.7. The highest BCUT2D eigenvalue weighted by Gasteiger charge is 2.34. The van der Waals surface area contributed by atoms with E-state index in [1.165, 1.54) is 6.92 Å². The van der Waals surface area contributed by atoms with E-state index in [9.17, 15) is 39.0 Å². The first kappa shape index (κ1) is 30.7. The van der Waals surface area contributed by atoms with Gasteiger partial charge in [0.25, 0.3) is 0 Å². The summed E-state index contributed by atoms with van der Waals surface area (Å²) >= 11 is 0. The third kappa shape index (κ3) is 11.0. The molecular weight excluding hydrogens is 454 g/mol. The molecular formula is C20H35N5O9. The van der Waals surface area contributed by atoms with E-state index in [4.69, 9.17) is 16.6 Å². The number of nitrogens with two attached hydrogens (primary N) is 2. The summed E-state index contributed by atoms with van der Waals surface area (Å²) in [6.07, 6.45) is -2.12. The normalized spacial score (nSPS) is 16.1. The summed E-state index contributed by atoms with van der Waals surface area (Å²) in [4.78, 5) is 70.8. The molecule has 0 radical (unpaired) electrons. The molecule has 0 saturated carbocycles. The van der Waals surface area contributed by atoms with Gasteiger partial charge in [-0.2, -0.15) is 0 Å². The fourth-order valence-corrected chi connectivity index (χ4v) is 2.83. The molecule has 6 unspecified atom stereocenters. The molecule has 0 bridgehead atoms. The van der Waals surface area contributed by atoms with Crippen LogP contribution in [0.15, 0.2) is 0 Å². The molecule has 0 aromatic carbocycles. The van der Waals surface area contributed by atoms with Crippen molar-refractivity contribution in [3.8, 4) is 0 Å². The van der Waals surface area contributed by atoms with Gasteiger partial charge < -0.3 is 42.7 Å². The van der Waals surface area contributed by atoms with Crippen LogP contribution < -0.4 is 27.4 Å². The van der Waals surface area contributed by atoms with Crippen molar-refractivity contribution in [1.29, 1.82) is 0 Å². The summed E-state index contributed by atoms with van der Waals surface area (Å²) in [7, 11) is 0. The monoisotopic (exact) mass is 489 g/mol. The fourth-order valence-electron chi connectivity index (χ4n) is 2.83. The molecule has 0 aromatic heterocycles. The Labute approximate surface area is 196 Å². The third-order valence-corrected chi connectivity index (χ3v) is 5.16. The molecule has 0 fully saturated rings. The molecule has 0 aliphatic heterocycles. The van der Waals surface area contributed by atoms with E-state index >= 15 is 0 Å². The van der Waals surface area contributed by atoms with Crippen molar-refractivity contribution in [2.24, 2.45) is 17.4 Å². The third-order valence-electron chi connectivity index (χ3n) is 5.16. The average molecular weight is 490 g/mol. The molecule has 0 rings (SSSR count). The van der Waals surface area contributed by atoms with Gasteiger partial charge in [-0.25, -0.2) is 4.79 Å². The molecule has 0 spiro atoms. The van der Waals surface area contributed by atoms with Gasteiger partial charge in [0.1, 0.15) is 18.1 Å². The number of carbonyl (C=O) groups excluding carboxylic acids is 4. The summed E-state index contributed by atoms with van der Waals surface area (Å²) in [6.45, 7) is 4.60. The maximum Gasteiger partial charge on any atom is 0.326 e. The number of aliphatic carboxylic acids is 2. The lowest BCUT2D eigenvalue weighted by atomic mass is 9.96. The fraction of sp³-hybridized carbons (Fsp3) is 0.700. The molecule has 10 N–H and O–H groups in total. The Hall–Kier alpha value is -3.26. The van der Waals surface area contributed by atoms with Gasteiger partial charge in [0.2, 0.25) is 23.6 Å². The smallest absolute Gasteiger partial charge is 0.326 e. The molecule has 194 valence electrons. The van der Waals surface area contributed by atoms with Gasteiger partial charge >= 0.3 is 11.9 Å². The van der Waals surface area contributed by atoms with Crippen LogP contribution in [0.5, 0.6) is 0 Å². The van der Waals surface area contributed by atoms with Crippen LogP contribution >= 0.6 is 0 Å². The SMILES string of the molecule is CCC(C)C(NC(=O)C(N)CCC(N)=O)C(=O)NC(C(=O)NC(CCC(=O)O)C(=O)O)C(C)O. The average Bonchev–Trinajstić information content (AvgIpc) is 2.74. The number of carboxylic acid groups (broad SMARTS) is 2. The van der Waals surface area contributed by atoms with E-state index in [1.807, 2.05) is 0 Å². The zero-order chi connectivity index (χ0) is 26.6. The number of rotatable bonds is 16. The van der Waals surface area contributed by atoms with Crippen LogP contribution in [-0.2, 0) is 28.8 Å². The number of primary amides is 1. The van der Waals surface area contributed by atoms with Crippen molar-refractivity contribution in [2.75, 3.05) is 0 Å². The number of carboxylic acids is 2. The molecule has 0 aliphatic carbocycles. The van der Waals surface area contributed by atoms with E-state index in [2.05, 4.69) is 16.0 Å². The van der Waals surface area contributed by atoms with Crippen LogP contribution in [0, 0.1) is 5.92 Å². The van der Waals surface area contributed by atoms with Crippen LogP contribution in [0.4, 0.5) is 0 Å². The minimum atomic E-state index is -1.59. The number of nitrogens with one attached hydrogen (secondary N) is 3. The van der Waals surface area contributed by atoms with Crippen LogP contribution in [0.2, 0.25) is 0 Å². The van der Waals surface area contributed by atoms with Crippen LogP contribution in [-0.4, -0.2) is 81.2 Å². The second kappa shape index (κ2) is 14.8. The Morgan fingerprint density at radius 1 is 0.824 bits per heavy atom. The first-order valence-electron chi connectivity index (χ1n) is 10.8. The van der Waals surface area contributed by atoms with Gasteiger partial charge in [-0.3, -0.25) is 24.0 Å². The Morgan fingerprint density at radius 3 is 1.79 bits per heavy atom. The Morgan fingerprint density at radius 2 is 1.35 bits per heavy atom. The summed E-state index contributed by atoms with van der Waals surface area (Å²) in [5.41, 5.74) is 10.8. The van der Waals surface area contributed by atoms with Crippen molar-refractivity contribution >= 4 is 35.6 Å². The van der Waals surface area contributed by atoms with Gasteiger partial charge in [0.05, 0.1) is 12.1 Å². The van der Waals surface area contributed by atoms with E-state index in [1.54, 1.807) is 13.8 Å². The number of amides is 4. The number of aliphatic hydroxyl groups is 1. The van der Waals surface area contributed by atoms with Crippen molar-refractivity contribution < 1.29 is 44.1 Å². The largest absolute Gasteiger partial charge is 0.481 e. The minimum Gasteiger partial charge on any atom is -0.481 e. The second-order valence-electron chi connectivity index (χ2n) is 8.04. The lowest BCUT2D eigenvalue weighted by Crippen LogP contribution is -2.61. The quantitative estimate of drug-likeness (QED) is 0.112. The molecule has 14 heteroatoms. The first-order valence-corrected chi connectivity index (χ1v) is 10.8. The van der Waals surface area contributed by atoms with Crippen LogP contribution in [0.3, 0.4) is 0 Å². The Kier molecular flexibility index (Phi) is 13.4. The van der Waals surface area contributed by atoms with E-state index in [0.717, 1.165) is 0 Å². The highest BCUT2D eigenvalue weighted by molar-refractivity contribution is 5.94. The number of carbonyl (C=O) groups is 6. The maximum atomic E-state index is 12.9. The van der Waals surface area contributed by atoms with Crippen molar-refractivity contribution in [1.82, 2.24) is 16.0 Å². The van der Waals surface area contributed by atoms with E-state index < -0.39 is 84.6 Å². The van der Waals surface area contributed by atoms with Crippen LogP contribution in [0.1, 0.15) is 52.9 Å². The maximum absolute atomic E-state index is 12.9.